The van der Waals surface area contributed by atoms with E-state index in [1.165, 1.54) is 33.0 Å². The van der Waals surface area contributed by atoms with Crippen LogP contribution in [0, 0.1) is 26.6 Å². The van der Waals surface area contributed by atoms with Gasteiger partial charge >= 0.3 is 27.0 Å². The molecule has 1 heterocycles. The van der Waals surface area contributed by atoms with Gasteiger partial charge < -0.3 is 4.90 Å². The summed E-state index contributed by atoms with van der Waals surface area (Å²) in [6.45, 7) is 10.9. The first-order valence-corrected chi connectivity index (χ1v) is 8.80. The van der Waals surface area contributed by atoms with Gasteiger partial charge in [-0.05, 0) is 56.3 Å². The van der Waals surface area contributed by atoms with Crippen molar-refractivity contribution in [1.82, 2.24) is 0 Å². The standard InChI is InChI=1S/C14H18NS.ClH.Ru/c1-9-6-10(2)14(11(3)7-9)15-8-16-13(5)12(15)4;;/h6-8H,1-5H3;1H;/q-1;;+2/p-1. The van der Waals surface area contributed by atoms with Crippen molar-refractivity contribution >= 4 is 27.1 Å². The van der Waals surface area contributed by atoms with Crippen molar-refractivity contribution in [2.24, 2.45) is 0 Å². The number of benzene rings is 1. The van der Waals surface area contributed by atoms with Gasteiger partial charge in [-0.25, -0.2) is 0 Å². The molecule has 100 valence electrons. The van der Waals surface area contributed by atoms with Crippen LogP contribution in [0.2, 0.25) is 0 Å². The zero-order valence-corrected chi connectivity index (χ0v) is 14.6. The Bertz CT molecular complexity index is 448. The first-order chi connectivity index (χ1) is 8.50. The molecule has 1 aliphatic heterocycles. The molecule has 0 saturated carbocycles. The Labute approximate surface area is 129 Å². The molecule has 4 heteroatoms. The first-order valence-electron chi connectivity index (χ1n) is 5.68. The van der Waals surface area contributed by atoms with E-state index in [4.69, 9.17) is 0 Å². The monoisotopic (exact) mass is 369 g/mol. The van der Waals surface area contributed by atoms with Crippen LogP contribution in [-0.2, 0) is 17.3 Å². The van der Waals surface area contributed by atoms with Crippen LogP contribution in [-0.4, -0.2) is 0 Å². The summed E-state index contributed by atoms with van der Waals surface area (Å²) in [5.41, 5.74) is 6.73. The molecule has 2 rings (SSSR count). The SMILES string of the molecule is CC1=C(C)N(c2c(C)cc(C)cc2C)[CH-]S1.[Cl][Ru+]. The zero-order chi connectivity index (χ0) is 13.9. The van der Waals surface area contributed by atoms with Crippen molar-refractivity contribution in [1.29, 1.82) is 0 Å². The molecule has 0 fully saturated rings. The van der Waals surface area contributed by atoms with Crippen molar-refractivity contribution in [3.8, 4) is 0 Å². The second-order valence-corrected chi connectivity index (χ2v) is 5.54. The van der Waals surface area contributed by atoms with Crippen LogP contribution in [0.5, 0.6) is 0 Å². The molecule has 18 heavy (non-hydrogen) atoms. The van der Waals surface area contributed by atoms with E-state index in [1.807, 2.05) is 29.1 Å². The Morgan fingerprint density at radius 3 is 1.94 bits per heavy atom. The molecule has 0 bridgehead atoms. The average molecular weight is 369 g/mol. The minimum atomic E-state index is 1.34. The van der Waals surface area contributed by atoms with Crippen LogP contribution >= 0.6 is 21.5 Å². The van der Waals surface area contributed by atoms with Crippen LogP contribution in [0.4, 0.5) is 5.69 Å². The predicted octanol–water partition coefficient (Wildman–Crippen LogP) is 5.22. The van der Waals surface area contributed by atoms with E-state index < -0.39 is 0 Å². The summed E-state index contributed by atoms with van der Waals surface area (Å²) in [5.74, 6) is 2.20. The van der Waals surface area contributed by atoms with Gasteiger partial charge in [0.25, 0.3) is 0 Å². The van der Waals surface area contributed by atoms with Crippen LogP contribution in [0.15, 0.2) is 22.7 Å². The van der Waals surface area contributed by atoms with Crippen LogP contribution < -0.4 is 4.90 Å². The molecule has 0 spiro atoms. The molecular weight excluding hydrogens is 351 g/mol. The predicted molar refractivity (Wildman–Crippen MR) is 79.3 cm³/mol. The molecule has 0 N–H and O–H groups in total. The summed E-state index contributed by atoms with van der Waals surface area (Å²) in [6, 6.07) is 4.50. The second-order valence-electron chi connectivity index (χ2n) is 4.48. The molecule has 0 unspecified atom stereocenters. The van der Waals surface area contributed by atoms with Crippen molar-refractivity contribution < 1.29 is 17.3 Å². The van der Waals surface area contributed by atoms with Crippen molar-refractivity contribution in [2.75, 3.05) is 4.90 Å². The average Bonchev–Trinajstić information content (AvgIpc) is 2.63. The minimum absolute atomic E-state index is 1.34. The van der Waals surface area contributed by atoms with Gasteiger partial charge in [0.15, 0.2) is 0 Å². The molecule has 0 aromatic heterocycles. The summed E-state index contributed by atoms with van der Waals surface area (Å²) in [7, 11) is 4.57. The van der Waals surface area contributed by atoms with Gasteiger partial charge in [-0.15, -0.1) is 0 Å². The third-order valence-electron chi connectivity index (χ3n) is 3.08. The molecule has 0 amide bonds. The summed E-state index contributed by atoms with van der Waals surface area (Å²) in [4.78, 5) is 3.70. The fourth-order valence-corrected chi connectivity index (χ4v) is 3.03. The number of anilines is 1. The Hall–Kier alpha value is 0.0234. The second kappa shape index (κ2) is 6.98. The normalized spacial score (nSPS) is 14.7. The number of hydrogen-bond acceptors (Lipinski definition) is 2. The van der Waals surface area contributed by atoms with Gasteiger partial charge in [0.2, 0.25) is 0 Å². The molecule has 0 saturated heterocycles. The summed E-state index contributed by atoms with van der Waals surface area (Å²) < 4.78 is 0. The number of nitrogens with zero attached hydrogens (tertiary/aromatic N) is 1. The maximum atomic E-state index is 4.57. The van der Waals surface area contributed by atoms with Gasteiger partial charge in [0.05, 0.1) is 0 Å². The number of aryl methyl sites for hydroxylation is 3. The van der Waals surface area contributed by atoms with Gasteiger partial charge in [0, 0.05) is 5.69 Å². The van der Waals surface area contributed by atoms with Crippen LogP contribution in [0.1, 0.15) is 30.5 Å². The van der Waals surface area contributed by atoms with E-state index in [9.17, 15) is 0 Å². The van der Waals surface area contributed by atoms with Crippen molar-refractivity contribution in [3.05, 3.63) is 45.3 Å². The van der Waals surface area contributed by atoms with Gasteiger partial charge in [0.1, 0.15) is 0 Å². The third-order valence-corrected chi connectivity index (χ3v) is 4.05. The van der Waals surface area contributed by atoms with Crippen LogP contribution in [0.3, 0.4) is 0 Å². The van der Waals surface area contributed by atoms with E-state index in [1.54, 1.807) is 0 Å². The Balaban J connectivity index is 0.000000771. The summed E-state index contributed by atoms with van der Waals surface area (Å²) in [6.07, 6.45) is 0. The fraction of sp³-hybridized carbons (Fsp3) is 0.357. The Kier molecular flexibility index (Phi) is 6.24. The van der Waals surface area contributed by atoms with E-state index in [0.29, 0.717) is 0 Å². The maximum absolute atomic E-state index is 4.57. The van der Waals surface area contributed by atoms with Crippen molar-refractivity contribution in [2.45, 2.75) is 34.6 Å². The van der Waals surface area contributed by atoms with E-state index in [-0.39, 0.29) is 0 Å². The molecule has 0 aliphatic carbocycles. The number of hydrogen-bond donors (Lipinski definition) is 0. The Morgan fingerprint density at radius 2 is 1.56 bits per heavy atom. The number of allylic oxidation sites excluding steroid dienone is 2. The summed E-state index contributed by atoms with van der Waals surface area (Å²) >= 11 is 3.63. The van der Waals surface area contributed by atoms with Crippen molar-refractivity contribution in [3.63, 3.8) is 0 Å². The van der Waals surface area contributed by atoms with E-state index >= 15 is 0 Å². The topological polar surface area (TPSA) is 3.24 Å². The van der Waals surface area contributed by atoms with E-state index in [2.05, 4.69) is 67.2 Å². The van der Waals surface area contributed by atoms with Crippen LogP contribution in [0.25, 0.3) is 0 Å². The zero-order valence-electron chi connectivity index (χ0n) is 11.3. The van der Waals surface area contributed by atoms with E-state index in [0.717, 1.165) is 0 Å². The molecule has 0 radical (unpaired) electrons. The first kappa shape index (κ1) is 16.1. The third kappa shape index (κ3) is 3.32. The molecular formula is C14H18ClNRuS. The molecule has 0 atom stereocenters. The number of rotatable bonds is 1. The quantitative estimate of drug-likeness (QED) is 0.493. The molecule has 1 aromatic rings. The number of halogens is 1. The van der Waals surface area contributed by atoms with Gasteiger partial charge in [-0.2, -0.15) is 5.88 Å². The molecule has 1 aromatic carbocycles. The van der Waals surface area contributed by atoms with Gasteiger partial charge in [-0.1, -0.05) is 17.7 Å². The Morgan fingerprint density at radius 1 is 1.06 bits per heavy atom. The summed E-state index contributed by atoms with van der Waals surface area (Å²) in [5, 5.41) is 0. The fourth-order valence-electron chi connectivity index (χ4n) is 2.24. The van der Waals surface area contributed by atoms with Gasteiger partial charge in [-0.3, -0.25) is 11.8 Å². The molecule has 1 nitrogen and oxygen atoms in total. The number of thioether (sulfide) groups is 1. The molecule has 1 aliphatic rings.